The molecule has 0 spiro atoms. The first-order valence-electron chi connectivity index (χ1n) is 7.57. The molecule has 27 heavy (non-hydrogen) atoms. The summed E-state index contributed by atoms with van der Waals surface area (Å²) in [4.78, 5) is 29.1. The fourth-order valence-corrected chi connectivity index (χ4v) is 4.06. The maximum Gasteiger partial charge on any atom is 0.273 e. The van der Waals surface area contributed by atoms with Crippen LogP contribution in [0.1, 0.15) is 16.1 Å². The number of rotatable bonds is 4. The van der Waals surface area contributed by atoms with Crippen molar-refractivity contribution in [2.75, 3.05) is 5.32 Å². The zero-order valence-corrected chi connectivity index (χ0v) is 15.1. The first kappa shape index (κ1) is 16.9. The van der Waals surface area contributed by atoms with E-state index in [1.807, 2.05) is 23.6 Å². The molecule has 0 saturated heterocycles. The largest absolute Gasteiger partial charge is 0.319 e. The van der Waals surface area contributed by atoms with E-state index in [0.717, 1.165) is 16.6 Å². The Labute approximate surface area is 160 Å². The third-order valence-corrected chi connectivity index (χ3v) is 5.53. The second kappa shape index (κ2) is 6.64. The molecule has 1 amide bonds. The van der Waals surface area contributed by atoms with Gasteiger partial charge in [-0.2, -0.15) is 5.26 Å². The average Bonchev–Trinajstić information content (AvgIpc) is 3.37. The number of thiazole rings is 1. The van der Waals surface area contributed by atoms with Crippen LogP contribution in [0.2, 0.25) is 0 Å². The molecule has 1 aromatic carbocycles. The number of hydrogen-bond acceptors (Lipinski definition) is 7. The van der Waals surface area contributed by atoms with E-state index < -0.39 is 10.8 Å². The Bertz CT molecular complexity index is 1220. The molecule has 0 saturated carbocycles. The predicted molar refractivity (Wildman–Crippen MR) is 102 cm³/mol. The summed E-state index contributed by atoms with van der Waals surface area (Å²) in [5.41, 5.74) is 1.17. The lowest BCUT2D eigenvalue weighted by atomic mass is 10.1. The number of amides is 1. The molecule has 132 valence electrons. The molecule has 0 bridgehead atoms. The molecule has 4 rings (SSSR count). The topological polar surface area (TPSA) is 113 Å². The van der Waals surface area contributed by atoms with Gasteiger partial charge in [-0.1, -0.05) is 6.07 Å². The second-order valence-electron chi connectivity index (χ2n) is 5.43. The summed E-state index contributed by atoms with van der Waals surface area (Å²) >= 11 is 2.89. The number of thiophene rings is 1. The van der Waals surface area contributed by atoms with Crippen molar-refractivity contribution >= 4 is 44.9 Å². The number of nitrogens with zero attached hydrogens (tertiary/aromatic N) is 4. The number of nitrogens with one attached hydrogen (secondary N) is 1. The number of anilines is 1. The van der Waals surface area contributed by atoms with Crippen molar-refractivity contribution in [2.45, 2.75) is 0 Å². The Morgan fingerprint density at radius 2 is 2.19 bits per heavy atom. The number of imidazole rings is 1. The van der Waals surface area contributed by atoms with E-state index in [-0.39, 0.29) is 16.9 Å². The highest BCUT2D eigenvalue weighted by atomic mass is 32.1. The number of fused-ring (bicyclic) bond motifs is 1. The average molecular weight is 395 g/mol. The van der Waals surface area contributed by atoms with Gasteiger partial charge in [0.25, 0.3) is 11.6 Å². The summed E-state index contributed by atoms with van der Waals surface area (Å²) in [5, 5.41) is 26.3. The van der Waals surface area contributed by atoms with Gasteiger partial charge in [-0.3, -0.25) is 19.3 Å². The van der Waals surface area contributed by atoms with Crippen LogP contribution in [0.5, 0.6) is 0 Å². The molecule has 4 aromatic rings. The predicted octanol–water partition coefficient (Wildman–Crippen LogP) is 4.16. The molecule has 0 aliphatic carbocycles. The van der Waals surface area contributed by atoms with Gasteiger partial charge in [0.15, 0.2) is 4.96 Å². The number of carbonyl (C=O) groups is 1. The van der Waals surface area contributed by atoms with Crippen LogP contribution in [-0.2, 0) is 0 Å². The highest BCUT2D eigenvalue weighted by Crippen LogP contribution is 2.28. The van der Waals surface area contributed by atoms with Gasteiger partial charge in [-0.15, -0.1) is 22.7 Å². The molecule has 1 N–H and O–H groups in total. The van der Waals surface area contributed by atoms with Crippen LogP contribution in [0.25, 0.3) is 15.5 Å². The van der Waals surface area contributed by atoms with Crippen molar-refractivity contribution in [1.82, 2.24) is 9.38 Å². The summed E-state index contributed by atoms with van der Waals surface area (Å²) in [7, 11) is 0. The Morgan fingerprint density at radius 3 is 2.89 bits per heavy atom. The van der Waals surface area contributed by atoms with E-state index in [4.69, 9.17) is 0 Å². The third-order valence-electron chi connectivity index (χ3n) is 3.80. The zero-order valence-electron chi connectivity index (χ0n) is 13.4. The second-order valence-corrected chi connectivity index (χ2v) is 7.21. The summed E-state index contributed by atoms with van der Waals surface area (Å²) in [6.07, 6.45) is 1.79. The number of nitro benzene ring substituents is 1. The number of benzene rings is 1. The molecule has 0 atom stereocenters. The van der Waals surface area contributed by atoms with Gasteiger partial charge in [0, 0.05) is 23.7 Å². The summed E-state index contributed by atoms with van der Waals surface area (Å²) in [6, 6.07) is 9.47. The van der Waals surface area contributed by atoms with Crippen LogP contribution in [0.4, 0.5) is 11.4 Å². The first-order valence-corrected chi connectivity index (χ1v) is 9.33. The van der Waals surface area contributed by atoms with Crippen molar-refractivity contribution in [1.29, 1.82) is 5.26 Å². The van der Waals surface area contributed by atoms with E-state index in [1.165, 1.54) is 23.5 Å². The van der Waals surface area contributed by atoms with Crippen molar-refractivity contribution in [3.63, 3.8) is 0 Å². The lowest BCUT2D eigenvalue weighted by Crippen LogP contribution is -2.14. The number of non-ortho nitro benzene ring substituents is 1. The van der Waals surface area contributed by atoms with Crippen molar-refractivity contribution in [3.8, 4) is 16.6 Å². The van der Waals surface area contributed by atoms with Crippen LogP contribution >= 0.6 is 22.7 Å². The molecular formula is C17H9N5O3S2. The summed E-state index contributed by atoms with van der Waals surface area (Å²) < 4.78 is 1.69. The Morgan fingerprint density at radius 1 is 1.33 bits per heavy atom. The van der Waals surface area contributed by atoms with E-state index in [9.17, 15) is 20.2 Å². The van der Waals surface area contributed by atoms with Gasteiger partial charge in [-0.25, -0.2) is 4.98 Å². The van der Waals surface area contributed by atoms with Gasteiger partial charge in [-0.05, 0) is 17.5 Å². The number of carbonyl (C=O) groups excluding carboxylic acids is 1. The third kappa shape index (κ3) is 3.05. The van der Waals surface area contributed by atoms with Crippen molar-refractivity contribution < 1.29 is 9.72 Å². The van der Waals surface area contributed by atoms with E-state index >= 15 is 0 Å². The van der Waals surface area contributed by atoms with Crippen LogP contribution in [0, 0.1) is 21.4 Å². The van der Waals surface area contributed by atoms with Crippen LogP contribution < -0.4 is 5.32 Å². The maximum absolute atomic E-state index is 12.7. The maximum atomic E-state index is 12.7. The van der Waals surface area contributed by atoms with Crippen LogP contribution in [0.15, 0.2) is 47.3 Å². The molecule has 0 aliphatic rings. The van der Waals surface area contributed by atoms with Gasteiger partial charge < -0.3 is 5.32 Å². The molecule has 0 aliphatic heterocycles. The minimum absolute atomic E-state index is 0.0222. The Kier molecular flexibility index (Phi) is 4.15. The normalized spacial score (nSPS) is 10.6. The number of nitro groups is 1. The number of aromatic nitrogens is 2. The van der Waals surface area contributed by atoms with E-state index in [1.54, 1.807) is 27.3 Å². The quantitative estimate of drug-likeness (QED) is 0.412. The number of hydrogen-bond donors (Lipinski definition) is 1. The molecular weight excluding hydrogens is 386 g/mol. The minimum atomic E-state index is -0.591. The minimum Gasteiger partial charge on any atom is -0.319 e. The van der Waals surface area contributed by atoms with Crippen LogP contribution in [0.3, 0.4) is 0 Å². The molecule has 10 heteroatoms. The molecule has 0 radical (unpaired) electrons. The van der Waals surface area contributed by atoms with Crippen molar-refractivity contribution in [2.24, 2.45) is 0 Å². The Balaban J connectivity index is 1.66. The first-order chi connectivity index (χ1) is 13.1. The lowest BCUT2D eigenvalue weighted by molar-refractivity contribution is -0.384. The highest BCUT2D eigenvalue weighted by molar-refractivity contribution is 7.15. The fourth-order valence-electron chi connectivity index (χ4n) is 2.52. The monoisotopic (exact) mass is 395 g/mol. The summed E-state index contributed by atoms with van der Waals surface area (Å²) in [6.45, 7) is 0. The smallest absolute Gasteiger partial charge is 0.273 e. The molecule has 0 unspecified atom stereocenters. The zero-order chi connectivity index (χ0) is 19.0. The standard InChI is InChI=1S/C17H9N5O3S2/c18-7-10-6-11(22(24)25)3-4-12(10)19-16(23)14-9-27-17-20-13(8-21(14)17)15-2-1-5-26-15/h1-6,8-9H,(H,19,23). The van der Waals surface area contributed by atoms with Gasteiger partial charge in [0.1, 0.15) is 17.5 Å². The summed E-state index contributed by atoms with van der Waals surface area (Å²) in [5.74, 6) is -0.429. The number of nitriles is 1. The van der Waals surface area contributed by atoms with Gasteiger partial charge in [0.05, 0.1) is 21.1 Å². The fraction of sp³-hybridized carbons (Fsp3) is 0. The van der Waals surface area contributed by atoms with Crippen molar-refractivity contribution in [3.05, 3.63) is 68.7 Å². The molecule has 0 fully saturated rings. The van der Waals surface area contributed by atoms with Gasteiger partial charge in [0.2, 0.25) is 0 Å². The highest BCUT2D eigenvalue weighted by Gasteiger charge is 2.18. The Hall–Kier alpha value is -3.55. The van der Waals surface area contributed by atoms with E-state index in [2.05, 4.69) is 10.3 Å². The SMILES string of the molecule is N#Cc1cc([N+](=O)[O-])ccc1NC(=O)c1csc2nc(-c3cccs3)cn12. The molecule has 3 aromatic heterocycles. The van der Waals surface area contributed by atoms with E-state index in [0.29, 0.717) is 10.7 Å². The lowest BCUT2D eigenvalue weighted by Gasteiger charge is -2.06. The van der Waals surface area contributed by atoms with Crippen LogP contribution in [-0.4, -0.2) is 20.2 Å². The molecule has 8 nitrogen and oxygen atoms in total. The molecule has 3 heterocycles. The van der Waals surface area contributed by atoms with Gasteiger partial charge >= 0.3 is 0 Å².